The Hall–Kier alpha value is -1.94. The fraction of sp³-hybridized carbons (Fsp3) is 0.0909. The molecule has 0 radical (unpaired) electrons. The number of carboxylic acid groups (broad SMARTS) is 1. The molecule has 1 rings (SSSR count). The third-order valence-electron chi connectivity index (χ3n) is 1.74. The molecule has 0 amide bonds. The molecule has 78 valence electrons. The van der Waals surface area contributed by atoms with E-state index in [2.05, 4.69) is 0 Å². The highest BCUT2D eigenvalue weighted by atomic mass is 16.4. The van der Waals surface area contributed by atoms with Crippen LogP contribution in [-0.2, 0) is 9.59 Å². The maximum absolute atomic E-state index is 11.0. The van der Waals surface area contributed by atoms with E-state index in [4.69, 9.17) is 10.2 Å². The van der Waals surface area contributed by atoms with Crippen LogP contribution >= 0.6 is 0 Å². The predicted octanol–water partition coefficient (Wildman–Crippen LogP) is 0.714. The molecule has 0 bridgehead atoms. The molecule has 0 saturated heterocycles. The highest BCUT2D eigenvalue weighted by Crippen LogP contribution is 2.01. The van der Waals surface area contributed by atoms with Crippen LogP contribution in [0.25, 0.3) is 6.08 Å². The van der Waals surface area contributed by atoms with Crippen molar-refractivity contribution in [3.63, 3.8) is 0 Å². The molecule has 1 aromatic carbocycles. The van der Waals surface area contributed by atoms with Gasteiger partial charge in [-0.25, -0.2) is 4.79 Å². The highest BCUT2D eigenvalue weighted by molar-refractivity contribution is 6.08. The van der Waals surface area contributed by atoms with Gasteiger partial charge in [0.25, 0.3) is 0 Å². The Morgan fingerprint density at radius 1 is 1.20 bits per heavy atom. The average Bonchev–Trinajstić information content (AvgIpc) is 2.26. The second-order valence-electron chi connectivity index (χ2n) is 2.89. The second kappa shape index (κ2) is 5.07. The Bertz CT molecular complexity index is 381. The van der Waals surface area contributed by atoms with Gasteiger partial charge in [0.2, 0.25) is 6.10 Å². The van der Waals surface area contributed by atoms with E-state index < -0.39 is 17.9 Å². The summed E-state index contributed by atoms with van der Waals surface area (Å²) in [6.07, 6.45) is 0.521. The monoisotopic (exact) mass is 206 g/mol. The van der Waals surface area contributed by atoms with Gasteiger partial charge in [0.15, 0.2) is 5.78 Å². The summed E-state index contributed by atoms with van der Waals surface area (Å²) in [5.74, 6) is -2.39. The number of aliphatic hydroxyl groups excluding tert-OH is 1. The van der Waals surface area contributed by atoms with Crippen molar-refractivity contribution in [3.05, 3.63) is 42.0 Å². The predicted molar refractivity (Wildman–Crippen MR) is 54.1 cm³/mol. The van der Waals surface area contributed by atoms with Gasteiger partial charge in [0, 0.05) is 0 Å². The Labute approximate surface area is 86.5 Å². The summed E-state index contributed by atoms with van der Waals surface area (Å²) in [4.78, 5) is 21.3. The van der Waals surface area contributed by atoms with Gasteiger partial charge in [0.1, 0.15) is 0 Å². The topological polar surface area (TPSA) is 74.6 Å². The van der Waals surface area contributed by atoms with Crippen LogP contribution in [-0.4, -0.2) is 28.1 Å². The van der Waals surface area contributed by atoms with Gasteiger partial charge >= 0.3 is 5.97 Å². The molecular formula is C11H10O4. The van der Waals surface area contributed by atoms with Crippen molar-refractivity contribution in [2.24, 2.45) is 0 Å². The first-order valence-electron chi connectivity index (χ1n) is 4.29. The first kappa shape index (κ1) is 11.1. The third kappa shape index (κ3) is 3.36. The minimum Gasteiger partial charge on any atom is -0.479 e. The van der Waals surface area contributed by atoms with Gasteiger partial charge in [-0.2, -0.15) is 0 Å². The average molecular weight is 206 g/mol. The molecule has 4 nitrogen and oxygen atoms in total. The molecule has 4 heteroatoms. The number of hydrogen-bond acceptors (Lipinski definition) is 3. The Morgan fingerprint density at radius 2 is 1.80 bits per heavy atom. The van der Waals surface area contributed by atoms with Crippen molar-refractivity contribution in [1.29, 1.82) is 0 Å². The molecule has 2 N–H and O–H groups in total. The molecule has 0 heterocycles. The van der Waals surface area contributed by atoms with Crippen molar-refractivity contribution in [3.8, 4) is 0 Å². The second-order valence-corrected chi connectivity index (χ2v) is 2.89. The number of hydrogen-bond donors (Lipinski definition) is 2. The summed E-state index contributed by atoms with van der Waals surface area (Å²) in [5, 5.41) is 17.2. The molecule has 15 heavy (non-hydrogen) atoms. The highest BCUT2D eigenvalue weighted by Gasteiger charge is 2.19. The zero-order chi connectivity index (χ0) is 11.3. The summed E-state index contributed by atoms with van der Waals surface area (Å²) in [6, 6.07) is 8.93. The van der Waals surface area contributed by atoms with Gasteiger partial charge in [-0.15, -0.1) is 0 Å². The molecule has 1 atom stereocenters. The van der Waals surface area contributed by atoms with E-state index in [9.17, 15) is 9.59 Å². The molecule has 0 fully saturated rings. The van der Waals surface area contributed by atoms with Crippen molar-refractivity contribution < 1.29 is 19.8 Å². The molecule has 0 spiro atoms. The van der Waals surface area contributed by atoms with Crippen LogP contribution in [0.3, 0.4) is 0 Å². The van der Waals surface area contributed by atoms with Gasteiger partial charge in [-0.3, -0.25) is 4.79 Å². The summed E-state index contributed by atoms with van der Waals surface area (Å²) < 4.78 is 0. The van der Waals surface area contributed by atoms with E-state index >= 15 is 0 Å². The fourth-order valence-corrected chi connectivity index (χ4v) is 0.955. The van der Waals surface area contributed by atoms with Crippen LogP contribution in [0.15, 0.2) is 36.4 Å². The zero-order valence-corrected chi connectivity index (χ0v) is 7.83. The van der Waals surface area contributed by atoms with Crippen LogP contribution in [0.1, 0.15) is 5.56 Å². The fourth-order valence-electron chi connectivity index (χ4n) is 0.955. The largest absolute Gasteiger partial charge is 0.479 e. The van der Waals surface area contributed by atoms with Crippen molar-refractivity contribution >= 4 is 17.8 Å². The van der Waals surface area contributed by atoms with E-state index in [1.165, 1.54) is 6.08 Å². The molecule has 1 unspecified atom stereocenters. The maximum Gasteiger partial charge on any atom is 0.340 e. The van der Waals surface area contributed by atoms with Crippen LogP contribution in [0.5, 0.6) is 0 Å². The number of carbonyl (C=O) groups is 2. The molecule has 0 aliphatic heterocycles. The quantitative estimate of drug-likeness (QED) is 0.562. The number of aliphatic carboxylic acids is 1. The minimum absolute atomic E-state index is 0.767. The smallest absolute Gasteiger partial charge is 0.340 e. The van der Waals surface area contributed by atoms with E-state index in [0.717, 1.165) is 11.6 Å². The van der Waals surface area contributed by atoms with Crippen LogP contribution in [0.2, 0.25) is 0 Å². The van der Waals surface area contributed by atoms with E-state index in [0.29, 0.717) is 0 Å². The number of carbonyl (C=O) groups excluding carboxylic acids is 1. The lowest BCUT2D eigenvalue weighted by Gasteiger charge is -1.98. The molecular weight excluding hydrogens is 196 g/mol. The van der Waals surface area contributed by atoms with Gasteiger partial charge in [-0.05, 0) is 11.6 Å². The molecule has 0 saturated carbocycles. The van der Waals surface area contributed by atoms with Gasteiger partial charge in [-0.1, -0.05) is 36.4 Å². The number of benzene rings is 1. The number of rotatable bonds is 4. The summed E-state index contributed by atoms with van der Waals surface area (Å²) in [5.41, 5.74) is 0.767. The van der Waals surface area contributed by atoms with Gasteiger partial charge < -0.3 is 10.2 Å². The van der Waals surface area contributed by atoms with Crippen molar-refractivity contribution in [2.45, 2.75) is 6.10 Å². The van der Waals surface area contributed by atoms with Crippen LogP contribution in [0.4, 0.5) is 0 Å². The maximum atomic E-state index is 11.0. The molecule has 0 aliphatic rings. The summed E-state index contributed by atoms with van der Waals surface area (Å²) >= 11 is 0. The third-order valence-corrected chi connectivity index (χ3v) is 1.74. The standard InChI is InChI=1S/C11H10O4/c12-9(10(13)11(14)15)7-6-8-4-2-1-3-5-8/h1-7,10,13H,(H,14,15). The number of aliphatic hydroxyl groups is 1. The lowest BCUT2D eigenvalue weighted by molar-refractivity contribution is -0.150. The lowest BCUT2D eigenvalue weighted by Crippen LogP contribution is -2.27. The molecule has 0 aliphatic carbocycles. The minimum atomic E-state index is -1.98. The normalized spacial score (nSPS) is 12.6. The lowest BCUT2D eigenvalue weighted by atomic mass is 10.1. The van der Waals surface area contributed by atoms with E-state index in [-0.39, 0.29) is 0 Å². The zero-order valence-electron chi connectivity index (χ0n) is 7.83. The number of carboxylic acids is 1. The summed E-state index contributed by atoms with van der Waals surface area (Å²) in [7, 11) is 0. The van der Waals surface area contributed by atoms with Crippen molar-refractivity contribution in [2.75, 3.05) is 0 Å². The molecule has 0 aromatic heterocycles. The van der Waals surface area contributed by atoms with Gasteiger partial charge in [0.05, 0.1) is 0 Å². The Balaban J connectivity index is 2.67. The summed E-state index contributed by atoms with van der Waals surface area (Å²) in [6.45, 7) is 0. The Kier molecular flexibility index (Phi) is 3.76. The van der Waals surface area contributed by atoms with Crippen molar-refractivity contribution in [1.82, 2.24) is 0 Å². The van der Waals surface area contributed by atoms with Crippen LogP contribution in [0, 0.1) is 0 Å². The van der Waals surface area contributed by atoms with Crippen LogP contribution < -0.4 is 0 Å². The first-order chi connectivity index (χ1) is 7.11. The first-order valence-corrected chi connectivity index (χ1v) is 4.29. The SMILES string of the molecule is O=C(O)C(O)C(=O)C=Cc1ccccc1. The van der Waals surface area contributed by atoms with E-state index in [1.807, 2.05) is 6.07 Å². The van der Waals surface area contributed by atoms with E-state index in [1.54, 1.807) is 24.3 Å². The molecule has 1 aromatic rings. The Morgan fingerprint density at radius 3 is 2.33 bits per heavy atom. The number of ketones is 1.